The summed E-state index contributed by atoms with van der Waals surface area (Å²) in [6, 6.07) is 7.39. The van der Waals surface area contributed by atoms with Crippen LogP contribution in [0.2, 0.25) is 0 Å². The van der Waals surface area contributed by atoms with E-state index in [1.165, 1.54) is 44.1 Å². The van der Waals surface area contributed by atoms with E-state index in [1.54, 1.807) is 0 Å². The molecule has 19 heavy (non-hydrogen) atoms. The van der Waals surface area contributed by atoms with Crippen molar-refractivity contribution >= 4 is 0 Å². The second-order valence-corrected chi connectivity index (χ2v) is 7.17. The van der Waals surface area contributed by atoms with Gasteiger partial charge in [0.15, 0.2) is 11.5 Å². The van der Waals surface area contributed by atoms with Gasteiger partial charge in [-0.25, -0.2) is 0 Å². The summed E-state index contributed by atoms with van der Waals surface area (Å²) in [5.41, 5.74) is 1.78. The van der Waals surface area contributed by atoms with Gasteiger partial charge in [0.1, 0.15) is 0 Å². The molecule has 0 atom stereocenters. The van der Waals surface area contributed by atoms with Crippen LogP contribution in [0.4, 0.5) is 0 Å². The second kappa shape index (κ2) is 3.47. The van der Waals surface area contributed by atoms with Crippen LogP contribution in [0.1, 0.15) is 44.1 Å². The molecular formula is C17H19O2. The third-order valence-corrected chi connectivity index (χ3v) is 5.94. The first kappa shape index (κ1) is 10.6. The molecule has 99 valence electrons. The number of hydrogen-bond acceptors (Lipinski definition) is 2. The minimum Gasteiger partial charge on any atom is -0.454 e. The smallest absolute Gasteiger partial charge is 0.231 e. The Morgan fingerprint density at radius 2 is 1.63 bits per heavy atom. The van der Waals surface area contributed by atoms with Crippen molar-refractivity contribution in [1.29, 1.82) is 0 Å². The largest absolute Gasteiger partial charge is 0.454 e. The Labute approximate surface area is 114 Å². The van der Waals surface area contributed by atoms with Crippen LogP contribution in [0.15, 0.2) is 12.1 Å². The SMILES string of the molecule is [c]1cc2c(c(C34CC5CC(CC(C5)C3)C4)c1)OCO2. The average molecular weight is 255 g/mol. The van der Waals surface area contributed by atoms with Crippen LogP contribution >= 0.6 is 0 Å². The quantitative estimate of drug-likeness (QED) is 0.762. The van der Waals surface area contributed by atoms with Crippen molar-refractivity contribution in [3.63, 3.8) is 0 Å². The second-order valence-electron chi connectivity index (χ2n) is 7.17. The highest BCUT2D eigenvalue weighted by molar-refractivity contribution is 5.52. The molecule has 1 radical (unpaired) electrons. The zero-order valence-electron chi connectivity index (χ0n) is 11.2. The molecule has 0 N–H and O–H groups in total. The summed E-state index contributed by atoms with van der Waals surface area (Å²) in [5, 5.41) is 0. The van der Waals surface area contributed by atoms with Gasteiger partial charge >= 0.3 is 0 Å². The zero-order valence-corrected chi connectivity index (χ0v) is 11.2. The summed E-state index contributed by atoms with van der Waals surface area (Å²) in [6.45, 7) is 0.382. The Morgan fingerprint density at radius 3 is 2.32 bits per heavy atom. The third-order valence-electron chi connectivity index (χ3n) is 5.94. The molecule has 0 saturated heterocycles. The number of fused-ring (bicyclic) bond motifs is 1. The van der Waals surface area contributed by atoms with E-state index in [2.05, 4.69) is 12.1 Å². The lowest BCUT2D eigenvalue weighted by Gasteiger charge is -2.57. The molecule has 0 amide bonds. The van der Waals surface area contributed by atoms with Gasteiger partial charge in [-0.15, -0.1) is 0 Å². The molecule has 1 aromatic carbocycles. The van der Waals surface area contributed by atoms with Gasteiger partial charge in [0.2, 0.25) is 6.79 Å². The van der Waals surface area contributed by atoms with E-state index in [-0.39, 0.29) is 0 Å². The topological polar surface area (TPSA) is 18.5 Å². The molecule has 4 bridgehead atoms. The minimum absolute atomic E-state index is 0.379. The average Bonchev–Trinajstić information content (AvgIpc) is 2.84. The first-order valence-corrected chi connectivity index (χ1v) is 7.63. The van der Waals surface area contributed by atoms with Gasteiger partial charge in [-0.3, -0.25) is 0 Å². The van der Waals surface area contributed by atoms with Crippen LogP contribution < -0.4 is 9.47 Å². The number of ether oxygens (including phenoxy) is 2. The van der Waals surface area contributed by atoms with E-state index in [0.717, 1.165) is 29.3 Å². The van der Waals surface area contributed by atoms with Crippen LogP contribution in [0, 0.1) is 23.8 Å². The van der Waals surface area contributed by atoms with E-state index in [0.29, 0.717) is 12.2 Å². The summed E-state index contributed by atoms with van der Waals surface area (Å²) in [6.07, 6.45) is 8.55. The lowest BCUT2D eigenvalue weighted by molar-refractivity contribution is -0.00629. The lowest BCUT2D eigenvalue weighted by Crippen LogP contribution is -2.48. The van der Waals surface area contributed by atoms with E-state index >= 15 is 0 Å². The Hall–Kier alpha value is -1.18. The molecule has 4 saturated carbocycles. The van der Waals surface area contributed by atoms with E-state index in [4.69, 9.17) is 9.47 Å². The first-order valence-electron chi connectivity index (χ1n) is 7.63. The number of hydrogen-bond donors (Lipinski definition) is 0. The Morgan fingerprint density at radius 1 is 0.947 bits per heavy atom. The molecular weight excluding hydrogens is 236 g/mol. The van der Waals surface area contributed by atoms with Crippen molar-refractivity contribution in [2.24, 2.45) is 17.8 Å². The highest BCUT2D eigenvalue weighted by Gasteiger charge is 2.52. The molecule has 1 aliphatic heterocycles. The summed E-state index contributed by atoms with van der Waals surface area (Å²) >= 11 is 0. The lowest BCUT2D eigenvalue weighted by atomic mass is 9.48. The van der Waals surface area contributed by atoms with Gasteiger partial charge in [-0.05, 0) is 79.9 Å². The Balaban J connectivity index is 1.64. The van der Waals surface area contributed by atoms with Crippen LogP contribution in [0.3, 0.4) is 0 Å². The van der Waals surface area contributed by atoms with Crippen molar-refractivity contribution in [2.75, 3.05) is 6.79 Å². The van der Waals surface area contributed by atoms with E-state index < -0.39 is 0 Å². The molecule has 4 fully saturated rings. The standard InChI is InChI=1S/C17H19O2/c1-2-14(16-15(3-1)18-10-19-16)17-7-11-4-12(8-17)6-13(5-11)9-17/h2-3,11-13H,4-10H2. The number of benzene rings is 1. The van der Waals surface area contributed by atoms with E-state index in [1.807, 2.05) is 6.07 Å². The predicted octanol–water partition coefficient (Wildman–Crippen LogP) is 3.68. The zero-order chi connectivity index (χ0) is 12.4. The highest BCUT2D eigenvalue weighted by Crippen LogP contribution is 2.62. The molecule has 0 aromatic heterocycles. The van der Waals surface area contributed by atoms with Crippen LogP contribution in [0.25, 0.3) is 0 Å². The summed E-state index contributed by atoms with van der Waals surface area (Å²) in [7, 11) is 0. The van der Waals surface area contributed by atoms with E-state index in [9.17, 15) is 0 Å². The maximum absolute atomic E-state index is 5.78. The summed E-state index contributed by atoms with van der Waals surface area (Å²) in [5.74, 6) is 4.83. The van der Waals surface area contributed by atoms with Crippen molar-refractivity contribution in [3.05, 3.63) is 23.8 Å². The van der Waals surface area contributed by atoms with Crippen LogP contribution in [0.5, 0.6) is 11.5 Å². The van der Waals surface area contributed by atoms with Gasteiger partial charge in [-0.1, -0.05) is 0 Å². The normalized spacial score (nSPS) is 41.8. The van der Waals surface area contributed by atoms with Crippen molar-refractivity contribution in [2.45, 2.75) is 43.9 Å². The molecule has 5 aliphatic rings. The number of rotatable bonds is 1. The molecule has 0 unspecified atom stereocenters. The molecule has 1 heterocycles. The Bertz CT molecular complexity index is 499. The molecule has 0 spiro atoms. The molecule has 2 nitrogen and oxygen atoms in total. The maximum Gasteiger partial charge on any atom is 0.231 e. The van der Waals surface area contributed by atoms with Crippen LogP contribution in [-0.4, -0.2) is 6.79 Å². The van der Waals surface area contributed by atoms with Crippen LogP contribution in [-0.2, 0) is 5.41 Å². The first-order chi connectivity index (χ1) is 9.32. The Kier molecular flexibility index (Phi) is 1.93. The fourth-order valence-corrected chi connectivity index (χ4v) is 5.71. The molecule has 6 rings (SSSR count). The fourth-order valence-electron chi connectivity index (χ4n) is 5.71. The van der Waals surface area contributed by atoms with Gasteiger partial charge in [0.25, 0.3) is 0 Å². The molecule has 4 aliphatic carbocycles. The summed E-state index contributed by atoms with van der Waals surface area (Å²) < 4.78 is 11.3. The predicted molar refractivity (Wildman–Crippen MR) is 71.3 cm³/mol. The monoisotopic (exact) mass is 255 g/mol. The van der Waals surface area contributed by atoms with Gasteiger partial charge < -0.3 is 9.47 Å². The van der Waals surface area contributed by atoms with Gasteiger partial charge in [0.05, 0.1) is 0 Å². The highest BCUT2D eigenvalue weighted by atomic mass is 16.7. The van der Waals surface area contributed by atoms with Crippen molar-refractivity contribution < 1.29 is 9.47 Å². The van der Waals surface area contributed by atoms with Crippen molar-refractivity contribution in [3.8, 4) is 11.5 Å². The maximum atomic E-state index is 5.78. The minimum atomic E-state index is 0.379. The van der Waals surface area contributed by atoms with Crippen molar-refractivity contribution in [1.82, 2.24) is 0 Å². The molecule has 2 heteroatoms. The molecule has 1 aromatic rings. The van der Waals surface area contributed by atoms with Gasteiger partial charge in [0, 0.05) is 5.56 Å². The third kappa shape index (κ3) is 1.38. The summed E-state index contributed by atoms with van der Waals surface area (Å²) in [4.78, 5) is 0. The fraction of sp³-hybridized carbons (Fsp3) is 0.647. The van der Waals surface area contributed by atoms with Gasteiger partial charge in [-0.2, -0.15) is 0 Å².